The summed E-state index contributed by atoms with van der Waals surface area (Å²) in [6, 6.07) is 5.97. The Morgan fingerprint density at radius 3 is 3.11 bits per heavy atom. The number of rotatable bonds is 3. The van der Waals surface area contributed by atoms with Gasteiger partial charge in [-0.1, -0.05) is 15.9 Å². The summed E-state index contributed by atoms with van der Waals surface area (Å²) in [5, 5.41) is 0. The molecule has 1 saturated heterocycles. The lowest BCUT2D eigenvalue weighted by Gasteiger charge is -2.26. The third-order valence-corrected chi connectivity index (χ3v) is 4.18. The molecule has 3 rings (SSSR count). The number of nitrogens with zero attached hydrogens (tertiary/aromatic N) is 2. The lowest BCUT2D eigenvalue weighted by atomic mass is 10.0. The van der Waals surface area contributed by atoms with Crippen LogP contribution in [0.4, 0.5) is 5.95 Å². The van der Waals surface area contributed by atoms with Crippen LogP contribution in [0.3, 0.4) is 0 Å². The second kappa shape index (κ2) is 4.77. The highest BCUT2D eigenvalue weighted by Gasteiger charge is 2.36. The number of aromatic nitrogens is 2. The van der Waals surface area contributed by atoms with Crippen molar-refractivity contribution in [1.29, 1.82) is 0 Å². The van der Waals surface area contributed by atoms with E-state index in [1.165, 1.54) is 0 Å². The van der Waals surface area contributed by atoms with Gasteiger partial charge in [-0.15, -0.1) is 0 Å². The molecule has 1 fully saturated rings. The quantitative estimate of drug-likeness (QED) is 0.939. The first kappa shape index (κ1) is 12.9. The molecule has 102 valence electrons. The standard InChI is InChI=1S/C13H16BrN3O2/c1-18-13(4-5-19-8-13)7-17-11-3-2-9(14)6-10(11)16-12(17)15/h2-3,6H,4-5,7-8H2,1H3,(H2,15,16). The van der Waals surface area contributed by atoms with Crippen LogP contribution in [-0.4, -0.2) is 35.5 Å². The smallest absolute Gasteiger partial charge is 0.201 e. The minimum atomic E-state index is -0.297. The summed E-state index contributed by atoms with van der Waals surface area (Å²) in [6.45, 7) is 1.98. The van der Waals surface area contributed by atoms with Crippen molar-refractivity contribution in [2.24, 2.45) is 0 Å². The normalized spacial score (nSPS) is 23.3. The van der Waals surface area contributed by atoms with Crippen molar-refractivity contribution >= 4 is 32.9 Å². The summed E-state index contributed by atoms with van der Waals surface area (Å²) in [5.41, 5.74) is 7.64. The van der Waals surface area contributed by atoms with Crippen molar-refractivity contribution in [2.75, 3.05) is 26.1 Å². The van der Waals surface area contributed by atoms with Crippen molar-refractivity contribution in [3.05, 3.63) is 22.7 Å². The lowest BCUT2D eigenvalue weighted by Crippen LogP contribution is -2.37. The molecule has 6 heteroatoms. The minimum absolute atomic E-state index is 0.297. The fraction of sp³-hybridized carbons (Fsp3) is 0.462. The predicted molar refractivity (Wildman–Crippen MR) is 77.0 cm³/mol. The first-order valence-electron chi connectivity index (χ1n) is 6.18. The Balaban J connectivity index is 2.02. The number of anilines is 1. The van der Waals surface area contributed by atoms with Gasteiger partial charge in [-0.05, 0) is 18.2 Å². The van der Waals surface area contributed by atoms with Crippen molar-refractivity contribution in [1.82, 2.24) is 9.55 Å². The van der Waals surface area contributed by atoms with Crippen LogP contribution < -0.4 is 5.73 Å². The Labute approximate surface area is 119 Å². The summed E-state index contributed by atoms with van der Waals surface area (Å²) in [7, 11) is 1.72. The average molecular weight is 326 g/mol. The third kappa shape index (κ3) is 2.24. The number of nitrogen functional groups attached to an aromatic ring is 1. The first-order valence-corrected chi connectivity index (χ1v) is 6.97. The van der Waals surface area contributed by atoms with Gasteiger partial charge >= 0.3 is 0 Å². The zero-order valence-electron chi connectivity index (χ0n) is 10.7. The molecule has 2 aromatic rings. The Bertz CT molecular complexity index is 605. The van der Waals surface area contributed by atoms with E-state index in [1.807, 2.05) is 22.8 Å². The predicted octanol–water partition coefficient (Wildman–Crippen LogP) is 2.19. The molecule has 5 nitrogen and oxygen atoms in total. The second-order valence-electron chi connectivity index (χ2n) is 4.88. The largest absolute Gasteiger partial charge is 0.378 e. The molecule has 1 atom stereocenters. The highest BCUT2D eigenvalue weighted by Crippen LogP contribution is 2.29. The first-order chi connectivity index (χ1) is 9.13. The summed E-state index contributed by atoms with van der Waals surface area (Å²) in [5.74, 6) is 0.511. The summed E-state index contributed by atoms with van der Waals surface area (Å²) in [4.78, 5) is 4.40. The fourth-order valence-electron chi connectivity index (χ4n) is 2.51. The highest BCUT2D eigenvalue weighted by atomic mass is 79.9. The van der Waals surface area contributed by atoms with E-state index in [9.17, 15) is 0 Å². The van der Waals surface area contributed by atoms with Gasteiger partial charge in [0.1, 0.15) is 5.60 Å². The van der Waals surface area contributed by atoms with Gasteiger partial charge in [0.25, 0.3) is 0 Å². The topological polar surface area (TPSA) is 62.3 Å². The van der Waals surface area contributed by atoms with Gasteiger partial charge in [0.2, 0.25) is 5.95 Å². The Morgan fingerprint density at radius 1 is 1.58 bits per heavy atom. The molecular formula is C13H16BrN3O2. The van der Waals surface area contributed by atoms with Gasteiger partial charge in [-0.25, -0.2) is 4.98 Å². The van der Waals surface area contributed by atoms with Crippen LogP contribution in [0.25, 0.3) is 11.0 Å². The molecule has 0 bridgehead atoms. The molecular weight excluding hydrogens is 310 g/mol. The van der Waals surface area contributed by atoms with E-state index in [0.717, 1.165) is 28.5 Å². The van der Waals surface area contributed by atoms with Crippen LogP contribution in [-0.2, 0) is 16.0 Å². The average Bonchev–Trinajstić information content (AvgIpc) is 2.96. The van der Waals surface area contributed by atoms with E-state index in [-0.39, 0.29) is 5.60 Å². The zero-order valence-corrected chi connectivity index (χ0v) is 12.3. The maximum atomic E-state index is 6.04. The van der Waals surface area contributed by atoms with Gasteiger partial charge < -0.3 is 19.8 Å². The molecule has 0 aliphatic carbocycles. The van der Waals surface area contributed by atoms with E-state index in [0.29, 0.717) is 19.1 Å². The Kier molecular flexibility index (Phi) is 3.24. The molecule has 1 aromatic heterocycles. The monoisotopic (exact) mass is 325 g/mol. The molecule has 0 spiro atoms. The van der Waals surface area contributed by atoms with Gasteiger partial charge in [0.05, 0.1) is 24.2 Å². The molecule has 19 heavy (non-hydrogen) atoms. The lowest BCUT2D eigenvalue weighted by molar-refractivity contribution is -0.0283. The molecule has 0 radical (unpaired) electrons. The van der Waals surface area contributed by atoms with Crippen LogP contribution in [0.5, 0.6) is 0 Å². The van der Waals surface area contributed by atoms with E-state index in [1.54, 1.807) is 7.11 Å². The van der Waals surface area contributed by atoms with Gasteiger partial charge in [-0.2, -0.15) is 0 Å². The highest BCUT2D eigenvalue weighted by molar-refractivity contribution is 9.10. The molecule has 0 saturated carbocycles. The molecule has 1 unspecified atom stereocenters. The van der Waals surface area contributed by atoms with Gasteiger partial charge in [0.15, 0.2) is 0 Å². The second-order valence-corrected chi connectivity index (χ2v) is 5.79. The summed E-state index contributed by atoms with van der Waals surface area (Å²) < 4.78 is 14.1. The van der Waals surface area contributed by atoms with E-state index < -0.39 is 0 Å². The minimum Gasteiger partial charge on any atom is -0.378 e. The van der Waals surface area contributed by atoms with Crippen LogP contribution in [0.15, 0.2) is 22.7 Å². The number of fused-ring (bicyclic) bond motifs is 1. The Hall–Kier alpha value is -1.11. The molecule has 1 aliphatic heterocycles. The van der Waals surface area contributed by atoms with Crippen molar-refractivity contribution < 1.29 is 9.47 Å². The van der Waals surface area contributed by atoms with Crippen molar-refractivity contribution in [2.45, 2.75) is 18.6 Å². The van der Waals surface area contributed by atoms with Crippen LogP contribution in [0, 0.1) is 0 Å². The molecule has 2 N–H and O–H groups in total. The molecule has 1 aromatic carbocycles. The molecule has 1 aliphatic rings. The van der Waals surface area contributed by atoms with Crippen LogP contribution in [0.1, 0.15) is 6.42 Å². The maximum Gasteiger partial charge on any atom is 0.201 e. The van der Waals surface area contributed by atoms with Crippen molar-refractivity contribution in [3.8, 4) is 0 Å². The number of hydrogen-bond donors (Lipinski definition) is 1. The number of benzene rings is 1. The maximum absolute atomic E-state index is 6.04. The van der Waals surface area contributed by atoms with Gasteiger partial charge in [0, 0.05) is 24.6 Å². The molecule has 0 amide bonds. The van der Waals surface area contributed by atoms with E-state index in [4.69, 9.17) is 15.2 Å². The third-order valence-electron chi connectivity index (χ3n) is 3.69. The van der Waals surface area contributed by atoms with Crippen LogP contribution >= 0.6 is 15.9 Å². The SMILES string of the molecule is COC1(Cn2c(N)nc3cc(Br)ccc32)CCOC1. The number of halogens is 1. The number of nitrogens with two attached hydrogens (primary N) is 1. The number of imidazole rings is 1. The van der Waals surface area contributed by atoms with Gasteiger partial charge in [-0.3, -0.25) is 0 Å². The zero-order chi connectivity index (χ0) is 13.5. The van der Waals surface area contributed by atoms with Crippen molar-refractivity contribution in [3.63, 3.8) is 0 Å². The summed E-state index contributed by atoms with van der Waals surface area (Å²) in [6.07, 6.45) is 0.874. The number of methoxy groups -OCH3 is 1. The fourth-order valence-corrected chi connectivity index (χ4v) is 2.86. The number of hydrogen-bond acceptors (Lipinski definition) is 4. The van der Waals surface area contributed by atoms with E-state index in [2.05, 4.69) is 20.9 Å². The van der Waals surface area contributed by atoms with Crippen LogP contribution in [0.2, 0.25) is 0 Å². The summed E-state index contributed by atoms with van der Waals surface area (Å²) >= 11 is 3.44. The number of ether oxygens (including phenoxy) is 2. The van der Waals surface area contributed by atoms with E-state index >= 15 is 0 Å². The molecule has 2 heterocycles. The Morgan fingerprint density at radius 2 is 2.42 bits per heavy atom.